The summed E-state index contributed by atoms with van der Waals surface area (Å²) >= 11 is 11.4. The zero-order valence-corrected chi connectivity index (χ0v) is 16.2. The highest BCUT2D eigenvalue weighted by Crippen LogP contribution is 2.49. The highest BCUT2D eigenvalue weighted by Gasteiger charge is 2.62. The van der Waals surface area contributed by atoms with Gasteiger partial charge in [0.15, 0.2) is 0 Å². The molecule has 2 aliphatic rings. The van der Waals surface area contributed by atoms with Crippen molar-refractivity contribution in [1.82, 2.24) is 5.43 Å². The minimum absolute atomic E-state index is 0.0677. The van der Waals surface area contributed by atoms with Crippen molar-refractivity contribution in [3.05, 3.63) is 45.6 Å². The maximum absolute atomic E-state index is 13.9. The number of nitrogens with two attached hydrogens (primary N) is 1. The van der Waals surface area contributed by atoms with Gasteiger partial charge in [-0.15, -0.1) is 20.7 Å². The van der Waals surface area contributed by atoms with Crippen LogP contribution in [0, 0.1) is 0 Å². The fraction of sp³-hybridized carbons (Fsp3) is 0.333. The molecule has 0 spiro atoms. The van der Waals surface area contributed by atoms with Crippen molar-refractivity contribution in [3.8, 4) is 0 Å². The predicted molar refractivity (Wildman–Crippen MR) is 101 cm³/mol. The number of hydrogen-bond donors (Lipinski definition) is 2. The molecule has 25 heavy (non-hydrogen) atoms. The minimum Gasteiger partial charge on any atom is -0.374 e. The number of nitrogens with one attached hydrogen (secondary N) is 1. The molecule has 3 rings (SSSR count). The van der Waals surface area contributed by atoms with Gasteiger partial charge in [-0.2, -0.15) is 13.2 Å². The van der Waals surface area contributed by atoms with Crippen LogP contribution in [0.4, 0.5) is 13.2 Å². The van der Waals surface area contributed by atoms with Gasteiger partial charge < -0.3 is 10.3 Å². The first kappa shape index (κ1) is 18.9. The van der Waals surface area contributed by atoms with Crippen LogP contribution in [0.25, 0.3) is 0 Å². The Hall–Kier alpha value is -0.840. The van der Waals surface area contributed by atoms with E-state index in [-0.39, 0.29) is 40.3 Å². The highest BCUT2D eigenvalue weighted by molar-refractivity contribution is 14.2. The maximum atomic E-state index is 13.9. The van der Waals surface area contributed by atoms with E-state index in [9.17, 15) is 13.2 Å². The highest BCUT2D eigenvalue weighted by atomic mass is 127. The standard InChI is InChI=1S/C15H13Cl2F3IN3O/c16-9-3-8(4-10(17)5-9)14(15(18,19)20)7-11(24-25-14)6-12-13(23-22)1-2-21-12/h1-5,12,23H,6-7,22H2. The maximum Gasteiger partial charge on any atom is 0.435 e. The largest absolute Gasteiger partial charge is 0.435 e. The number of oxime groups is 1. The summed E-state index contributed by atoms with van der Waals surface area (Å²) in [6, 6.07) is 3.79. The third kappa shape index (κ3) is 3.67. The van der Waals surface area contributed by atoms with E-state index < -0.39 is 18.2 Å². The quantitative estimate of drug-likeness (QED) is 0.275. The van der Waals surface area contributed by atoms with Gasteiger partial charge in [0.05, 0.1) is 9.64 Å². The molecule has 0 saturated heterocycles. The van der Waals surface area contributed by atoms with E-state index in [1.807, 2.05) is 10.1 Å². The van der Waals surface area contributed by atoms with Crippen LogP contribution in [0.15, 0.2) is 35.1 Å². The SMILES string of the molecule is NNC1=CC=IC1CC1=NOC(c2cc(Cl)cc(Cl)c2)(C(F)(F)F)C1. The third-order valence-corrected chi connectivity index (χ3v) is 7.15. The molecule has 0 aromatic heterocycles. The molecular formula is C15H13Cl2F3IN3O. The van der Waals surface area contributed by atoms with Crippen molar-refractivity contribution in [2.75, 3.05) is 0 Å². The first-order valence-corrected chi connectivity index (χ1v) is 10.4. The van der Waals surface area contributed by atoms with Gasteiger partial charge >= 0.3 is 6.18 Å². The van der Waals surface area contributed by atoms with Gasteiger partial charge in [0.2, 0.25) is 0 Å². The van der Waals surface area contributed by atoms with Crippen molar-refractivity contribution in [3.63, 3.8) is 0 Å². The van der Waals surface area contributed by atoms with Gasteiger partial charge in [-0.3, -0.25) is 5.84 Å². The number of benzene rings is 1. The number of nitrogens with zero attached hydrogens (tertiary/aromatic N) is 1. The van der Waals surface area contributed by atoms with E-state index in [0.717, 1.165) is 5.70 Å². The molecule has 1 aromatic rings. The van der Waals surface area contributed by atoms with E-state index in [0.29, 0.717) is 12.1 Å². The Morgan fingerprint density at radius 3 is 2.60 bits per heavy atom. The summed E-state index contributed by atoms with van der Waals surface area (Å²) in [5, 5.41) is 3.96. The number of allylic oxidation sites excluding steroid dienone is 2. The second kappa shape index (κ2) is 7.05. The molecule has 0 saturated carbocycles. The molecule has 4 nitrogen and oxygen atoms in total. The molecule has 0 fully saturated rings. The van der Waals surface area contributed by atoms with E-state index in [1.165, 1.54) is 18.2 Å². The Morgan fingerprint density at radius 1 is 1.32 bits per heavy atom. The topological polar surface area (TPSA) is 59.6 Å². The Labute approximate surface area is 161 Å². The zero-order chi connectivity index (χ0) is 18.2. The molecule has 2 unspecified atom stereocenters. The van der Waals surface area contributed by atoms with E-state index in [4.69, 9.17) is 33.9 Å². The molecule has 2 heterocycles. The van der Waals surface area contributed by atoms with Crippen LogP contribution in [0.5, 0.6) is 0 Å². The number of rotatable bonds is 4. The lowest BCUT2D eigenvalue weighted by molar-refractivity contribution is -0.275. The van der Waals surface area contributed by atoms with Crippen LogP contribution in [0.1, 0.15) is 18.4 Å². The van der Waals surface area contributed by atoms with Crippen LogP contribution in [0.3, 0.4) is 0 Å². The molecule has 136 valence electrons. The van der Waals surface area contributed by atoms with E-state index >= 15 is 0 Å². The van der Waals surface area contributed by atoms with Crippen LogP contribution in [0.2, 0.25) is 10.0 Å². The zero-order valence-electron chi connectivity index (χ0n) is 12.6. The number of hydrogen-bond acceptors (Lipinski definition) is 4. The summed E-state index contributed by atoms with van der Waals surface area (Å²) in [6.45, 7) is 0. The Balaban J connectivity index is 1.88. The van der Waals surface area contributed by atoms with Gasteiger partial charge in [-0.25, -0.2) is 0 Å². The van der Waals surface area contributed by atoms with Crippen molar-refractivity contribution in [2.24, 2.45) is 11.0 Å². The van der Waals surface area contributed by atoms with Crippen molar-refractivity contribution < 1.29 is 18.0 Å². The molecule has 0 bridgehead atoms. The first-order chi connectivity index (χ1) is 11.7. The number of alkyl halides is 4. The van der Waals surface area contributed by atoms with Gasteiger partial charge in [-0.05, 0) is 28.3 Å². The lowest BCUT2D eigenvalue weighted by Crippen LogP contribution is -2.42. The second-order valence-electron chi connectivity index (χ2n) is 5.60. The van der Waals surface area contributed by atoms with Crippen LogP contribution in [-0.2, 0) is 10.4 Å². The molecule has 1 aromatic carbocycles. The molecule has 2 atom stereocenters. The summed E-state index contributed by atoms with van der Waals surface area (Å²) in [5.74, 6) is 5.44. The average molecular weight is 506 g/mol. The monoisotopic (exact) mass is 505 g/mol. The Kier molecular flexibility index (Phi) is 5.34. The van der Waals surface area contributed by atoms with E-state index in [1.54, 1.807) is 0 Å². The van der Waals surface area contributed by atoms with Crippen molar-refractivity contribution >= 4 is 53.7 Å². The smallest absolute Gasteiger partial charge is 0.374 e. The normalized spacial score (nSPS) is 25.9. The third-order valence-electron chi connectivity index (χ3n) is 3.96. The van der Waals surface area contributed by atoms with Gasteiger partial charge in [0.1, 0.15) is 0 Å². The Morgan fingerprint density at radius 2 is 2.00 bits per heavy atom. The first-order valence-electron chi connectivity index (χ1n) is 7.14. The summed E-state index contributed by atoms with van der Waals surface area (Å²) in [6.07, 6.45) is -2.84. The lowest BCUT2D eigenvalue weighted by Gasteiger charge is -2.29. The molecule has 10 heteroatoms. The minimum atomic E-state index is -4.67. The fourth-order valence-corrected chi connectivity index (χ4v) is 5.89. The summed E-state index contributed by atoms with van der Waals surface area (Å²) in [4.78, 5) is 4.97. The molecule has 3 N–H and O–H groups in total. The molecule has 0 amide bonds. The van der Waals surface area contributed by atoms with Crippen LogP contribution >= 0.6 is 43.9 Å². The van der Waals surface area contributed by atoms with Crippen molar-refractivity contribution in [2.45, 2.75) is 28.5 Å². The molecule has 0 radical (unpaired) electrons. The molecular weight excluding hydrogens is 493 g/mol. The van der Waals surface area contributed by atoms with Crippen LogP contribution < -0.4 is 11.3 Å². The summed E-state index contributed by atoms with van der Waals surface area (Å²) in [7, 11) is 0. The van der Waals surface area contributed by atoms with Crippen molar-refractivity contribution in [1.29, 1.82) is 0 Å². The average Bonchev–Trinajstić information content (AvgIpc) is 3.13. The van der Waals surface area contributed by atoms with E-state index in [2.05, 4.69) is 10.6 Å². The summed E-state index contributed by atoms with van der Waals surface area (Å²) < 4.78 is 43.7. The second-order valence-corrected chi connectivity index (χ2v) is 9.41. The molecule has 0 aliphatic carbocycles. The van der Waals surface area contributed by atoms with Gasteiger partial charge in [0, 0.05) is 34.1 Å². The molecule has 2 aliphatic heterocycles. The summed E-state index contributed by atoms with van der Waals surface area (Å²) in [5.41, 5.74) is 1.02. The van der Waals surface area contributed by atoms with Gasteiger partial charge in [0.25, 0.3) is 5.60 Å². The lowest BCUT2D eigenvalue weighted by atomic mass is 9.87. The number of halogens is 6. The predicted octanol–water partition coefficient (Wildman–Crippen LogP) is 4.42. The fourth-order valence-electron chi connectivity index (χ4n) is 2.73. The van der Waals surface area contributed by atoms with Gasteiger partial charge in [-0.1, -0.05) is 28.4 Å². The Bertz CT molecular complexity index is 762. The number of hydrazine groups is 1. The van der Waals surface area contributed by atoms with Crippen LogP contribution in [-0.4, -0.2) is 19.8 Å².